The van der Waals surface area contributed by atoms with Gasteiger partial charge in [-0.15, -0.1) is 0 Å². The van der Waals surface area contributed by atoms with E-state index in [-0.39, 0.29) is 12.5 Å². The van der Waals surface area contributed by atoms with Gasteiger partial charge in [0.1, 0.15) is 23.6 Å². The van der Waals surface area contributed by atoms with E-state index in [1.165, 1.54) is 14.2 Å². The molecule has 1 aliphatic heterocycles. The maximum atomic E-state index is 12.7. The van der Waals surface area contributed by atoms with Crippen molar-refractivity contribution in [1.29, 1.82) is 0 Å². The van der Waals surface area contributed by atoms with Crippen LogP contribution in [-0.2, 0) is 9.59 Å². The minimum atomic E-state index is -0.977. The molecule has 148 valence electrons. The van der Waals surface area contributed by atoms with E-state index in [4.69, 9.17) is 9.47 Å². The van der Waals surface area contributed by atoms with E-state index in [0.29, 0.717) is 29.5 Å². The zero-order valence-corrected chi connectivity index (χ0v) is 16.4. The molecule has 0 unspecified atom stereocenters. The predicted octanol–water partition coefficient (Wildman–Crippen LogP) is 2.39. The summed E-state index contributed by atoms with van der Waals surface area (Å²) in [6, 6.07) is 4.41. The van der Waals surface area contributed by atoms with Gasteiger partial charge in [0, 0.05) is 6.07 Å². The van der Waals surface area contributed by atoms with Gasteiger partial charge >= 0.3 is 6.03 Å². The fourth-order valence-electron chi connectivity index (χ4n) is 2.88. The lowest BCUT2D eigenvalue weighted by molar-refractivity contribution is -0.133. The molecule has 2 N–H and O–H groups in total. The number of nitrogens with one attached hydrogen (secondary N) is 2. The minimum absolute atomic E-state index is 0.373. The summed E-state index contributed by atoms with van der Waals surface area (Å²) in [4.78, 5) is 38.3. The number of carbonyl (C=O) groups excluding carboxylic acids is 3. The summed E-state index contributed by atoms with van der Waals surface area (Å²) in [6.07, 6.45) is 1.32. The van der Waals surface area contributed by atoms with Gasteiger partial charge in [0.05, 0.1) is 19.9 Å². The molecule has 1 atom stereocenters. The van der Waals surface area contributed by atoms with Crippen LogP contribution in [0.15, 0.2) is 18.2 Å². The van der Waals surface area contributed by atoms with Crippen LogP contribution in [0.3, 0.4) is 0 Å². The van der Waals surface area contributed by atoms with E-state index in [1.807, 2.05) is 0 Å². The Morgan fingerprint density at radius 1 is 1.26 bits per heavy atom. The third-order valence-electron chi connectivity index (χ3n) is 4.55. The maximum absolute atomic E-state index is 12.7. The molecule has 1 aromatic rings. The number of rotatable bonds is 8. The first-order valence-electron chi connectivity index (χ1n) is 8.86. The number of nitrogens with zero attached hydrogens (tertiary/aromatic N) is 1. The first kappa shape index (κ1) is 20.5. The summed E-state index contributed by atoms with van der Waals surface area (Å²) in [7, 11) is 2.99. The van der Waals surface area contributed by atoms with E-state index < -0.39 is 17.5 Å². The van der Waals surface area contributed by atoms with E-state index in [1.54, 1.807) is 25.1 Å². The lowest BCUT2D eigenvalue weighted by Crippen LogP contribution is -2.44. The van der Waals surface area contributed by atoms with Gasteiger partial charge < -0.3 is 20.1 Å². The average Bonchev–Trinajstić information content (AvgIpc) is 2.83. The molecule has 0 aliphatic carbocycles. The first-order valence-corrected chi connectivity index (χ1v) is 8.86. The number of hydrogen-bond donors (Lipinski definition) is 2. The molecule has 4 amide bonds. The highest BCUT2D eigenvalue weighted by atomic mass is 16.5. The Bertz CT molecular complexity index is 734. The highest BCUT2D eigenvalue weighted by Crippen LogP contribution is 2.29. The maximum Gasteiger partial charge on any atom is 0.325 e. The fourth-order valence-corrected chi connectivity index (χ4v) is 2.88. The zero-order chi connectivity index (χ0) is 20.2. The number of ether oxygens (including phenoxy) is 2. The molecule has 0 bridgehead atoms. The van der Waals surface area contributed by atoms with Crippen molar-refractivity contribution < 1.29 is 23.9 Å². The molecule has 8 heteroatoms. The molecule has 0 aromatic heterocycles. The smallest absolute Gasteiger partial charge is 0.325 e. The Hall–Kier alpha value is -2.77. The number of hydrogen-bond acceptors (Lipinski definition) is 5. The number of imide groups is 1. The standard InChI is InChI=1S/C19H27N3O5/c1-12(2)8-9-19(3)17(24)22(18(25)21-19)11-16(23)20-14-10-13(26-4)6-7-15(14)27-5/h6-7,10,12H,8-9,11H2,1-5H3,(H,20,23)(H,21,25)/t19-/m1/s1. The van der Waals surface area contributed by atoms with Crippen molar-refractivity contribution in [3.05, 3.63) is 18.2 Å². The molecular formula is C19H27N3O5. The number of amides is 4. The van der Waals surface area contributed by atoms with Crippen LogP contribution < -0.4 is 20.1 Å². The van der Waals surface area contributed by atoms with E-state index in [2.05, 4.69) is 24.5 Å². The zero-order valence-electron chi connectivity index (χ0n) is 16.4. The molecule has 0 saturated carbocycles. The Balaban J connectivity index is 2.07. The van der Waals surface area contributed by atoms with Crippen LogP contribution in [0.2, 0.25) is 0 Å². The van der Waals surface area contributed by atoms with E-state index in [0.717, 1.165) is 11.3 Å². The van der Waals surface area contributed by atoms with Crippen LogP contribution in [0.4, 0.5) is 10.5 Å². The van der Waals surface area contributed by atoms with Crippen molar-refractivity contribution in [3.8, 4) is 11.5 Å². The van der Waals surface area contributed by atoms with Crippen LogP contribution in [0.1, 0.15) is 33.6 Å². The lowest BCUT2D eigenvalue weighted by atomic mass is 9.92. The topological polar surface area (TPSA) is 97.0 Å². The highest BCUT2D eigenvalue weighted by Gasteiger charge is 2.47. The van der Waals surface area contributed by atoms with Crippen molar-refractivity contribution in [2.24, 2.45) is 5.92 Å². The molecule has 1 fully saturated rings. The SMILES string of the molecule is COc1ccc(OC)c(NC(=O)CN2C(=O)N[C@](C)(CCC(C)C)C2=O)c1. The Kier molecular flexibility index (Phi) is 6.30. The summed E-state index contributed by atoms with van der Waals surface area (Å²) < 4.78 is 10.4. The fraction of sp³-hybridized carbons (Fsp3) is 0.526. The Morgan fingerprint density at radius 2 is 1.96 bits per heavy atom. The molecule has 8 nitrogen and oxygen atoms in total. The highest BCUT2D eigenvalue weighted by molar-refractivity contribution is 6.10. The van der Waals surface area contributed by atoms with Crippen LogP contribution in [0.5, 0.6) is 11.5 Å². The van der Waals surface area contributed by atoms with Gasteiger partial charge in [0.15, 0.2) is 0 Å². The average molecular weight is 377 g/mol. The lowest BCUT2D eigenvalue weighted by Gasteiger charge is -2.22. The van der Waals surface area contributed by atoms with Crippen LogP contribution in [0.25, 0.3) is 0 Å². The van der Waals surface area contributed by atoms with Crippen LogP contribution >= 0.6 is 0 Å². The van der Waals surface area contributed by atoms with Crippen molar-refractivity contribution in [1.82, 2.24) is 10.2 Å². The number of benzene rings is 1. The van der Waals surface area contributed by atoms with Crippen LogP contribution in [0, 0.1) is 5.92 Å². The third-order valence-corrected chi connectivity index (χ3v) is 4.55. The quantitative estimate of drug-likeness (QED) is 0.678. The number of anilines is 1. The molecule has 27 heavy (non-hydrogen) atoms. The third kappa shape index (κ3) is 4.69. The largest absolute Gasteiger partial charge is 0.497 e. The predicted molar refractivity (Wildman–Crippen MR) is 101 cm³/mol. The monoisotopic (exact) mass is 377 g/mol. The number of carbonyl (C=O) groups is 3. The summed E-state index contributed by atoms with van der Waals surface area (Å²) in [6.45, 7) is 5.43. The number of urea groups is 1. The molecule has 0 radical (unpaired) electrons. The Labute approximate surface area is 159 Å². The normalized spacial score (nSPS) is 19.3. The molecule has 1 saturated heterocycles. The second-order valence-electron chi connectivity index (χ2n) is 7.20. The second kappa shape index (κ2) is 8.28. The van der Waals surface area contributed by atoms with Crippen molar-refractivity contribution in [2.75, 3.05) is 26.1 Å². The van der Waals surface area contributed by atoms with Gasteiger partial charge in [-0.3, -0.25) is 14.5 Å². The molecule has 1 aromatic carbocycles. The van der Waals surface area contributed by atoms with Gasteiger partial charge in [-0.25, -0.2) is 4.79 Å². The van der Waals surface area contributed by atoms with Crippen molar-refractivity contribution in [3.63, 3.8) is 0 Å². The summed E-state index contributed by atoms with van der Waals surface area (Å²) in [5.74, 6) is 0.508. The van der Waals surface area contributed by atoms with E-state index >= 15 is 0 Å². The van der Waals surface area contributed by atoms with Gasteiger partial charge in [-0.2, -0.15) is 0 Å². The first-order chi connectivity index (χ1) is 12.7. The second-order valence-corrected chi connectivity index (χ2v) is 7.20. The molecular weight excluding hydrogens is 350 g/mol. The van der Waals surface area contributed by atoms with Gasteiger partial charge in [-0.05, 0) is 37.8 Å². The number of methoxy groups -OCH3 is 2. The van der Waals surface area contributed by atoms with Crippen molar-refractivity contribution in [2.45, 2.75) is 39.2 Å². The van der Waals surface area contributed by atoms with Gasteiger partial charge in [0.25, 0.3) is 5.91 Å². The Morgan fingerprint density at radius 3 is 2.56 bits per heavy atom. The molecule has 0 spiro atoms. The van der Waals surface area contributed by atoms with E-state index in [9.17, 15) is 14.4 Å². The van der Waals surface area contributed by atoms with Crippen molar-refractivity contribution >= 4 is 23.5 Å². The molecule has 2 rings (SSSR count). The molecule has 1 heterocycles. The summed E-state index contributed by atoms with van der Waals surface area (Å²) in [5.41, 5.74) is -0.577. The summed E-state index contributed by atoms with van der Waals surface area (Å²) in [5, 5.41) is 5.37. The van der Waals surface area contributed by atoms with Crippen LogP contribution in [-0.4, -0.2) is 49.0 Å². The van der Waals surface area contributed by atoms with Gasteiger partial charge in [-0.1, -0.05) is 13.8 Å². The summed E-state index contributed by atoms with van der Waals surface area (Å²) >= 11 is 0. The minimum Gasteiger partial charge on any atom is -0.497 e. The van der Waals surface area contributed by atoms with Gasteiger partial charge in [0.2, 0.25) is 5.91 Å². The molecule has 1 aliphatic rings.